The van der Waals surface area contributed by atoms with E-state index in [1.807, 2.05) is 0 Å². The van der Waals surface area contributed by atoms with E-state index in [9.17, 15) is 9.18 Å². The number of nitrogens with one attached hydrogen (secondary N) is 1. The van der Waals surface area contributed by atoms with Gasteiger partial charge in [0.05, 0.1) is 5.56 Å². The number of benzene rings is 1. The molecule has 1 aliphatic rings. The minimum atomic E-state index is -0.464. The molecule has 0 unspecified atom stereocenters. The minimum Gasteiger partial charge on any atom is -0.350 e. The Balaban J connectivity index is 1.91. The smallest absolute Gasteiger partial charge is 0.254 e. The zero-order chi connectivity index (χ0) is 13.0. The van der Waals surface area contributed by atoms with Crippen molar-refractivity contribution >= 4 is 5.91 Å². The molecule has 0 aromatic heterocycles. The fourth-order valence-corrected chi connectivity index (χ4v) is 2.49. The number of carbonyl (C=O) groups is 1. The SMILES string of the molecule is CCN1CCC[C@H]1CNC(=O)c1ccccc1F. The lowest BCUT2D eigenvalue weighted by Gasteiger charge is -2.22. The highest BCUT2D eigenvalue weighted by atomic mass is 19.1. The van der Waals surface area contributed by atoms with Crippen LogP contribution in [0, 0.1) is 5.82 Å². The van der Waals surface area contributed by atoms with Gasteiger partial charge in [-0.25, -0.2) is 4.39 Å². The molecule has 1 aromatic carbocycles. The first-order chi connectivity index (χ1) is 8.72. The van der Waals surface area contributed by atoms with E-state index in [0.29, 0.717) is 12.6 Å². The van der Waals surface area contributed by atoms with Gasteiger partial charge in [-0.15, -0.1) is 0 Å². The molecule has 0 spiro atoms. The van der Waals surface area contributed by atoms with E-state index >= 15 is 0 Å². The van der Waals surface area contributed by atoms with E-state index in [0.717, 1.165) is 19.5 Å². The zero-order valence-corrected chi connectivity index (χ0v) is 10.7. The van der Waals surface area contributed by atoms with Crippen molar-refractivity contribution in [2.45, 2.75) is 25.8 Å². The molecule has 98 valence electrons. The molecule has 1 heterocycles. The molecule has 3 nitrogen and oxygen atoms in total. The Kier molecular flexibility index (Phi) is 4.31. The molecule has 0 bridgehead atoms. The van der Waals surface area contributed by atoms with Gasteiger partial charge in [0.25, 0.3) is 5.91 Å². The van der Waals surface area contributed by atoms with E-state index in [4.69, 9.17) is 0 Å². The lowest BCUT2D eigenvalue weighted by molar-refractivity contribution is 0.0937. The number of halogens is 1. The summed E-state index contributed by atoms with van der Waals surface area (Å²) < 4.78 is 13.4. The number of hydrogen-bond donors (Lipinski definition) is 1. The fraction of sp³-hybridized carbons (Fsp3) is 0.500. The van der Waals surface area contributed by atoms with Gasteiger partial charge in [0, 0.05) is 12.6 Å². The van der Waals surface area contributed by atoms with Crippen LogP contribution in [0.25, 0.3) is 0 Å². The van der Waals surface area contributed by atoms with Crippen LogP contribution in [-0.4, -0.2) is 36.5 Å². The highest BCUT2D eigenvalue weighted by Crippen LogP contribution is 2.15. The van der Waals surface area contributed by atoms with Crippen molar-refractivity contribution in [2.75, 3.05) is 19.6 Å². The van der Waals surface area contributed by atoms with Crippen LogP contribution in [0.3, 0.4) is 0 Å². The molecule has 1 N–H and O–H groups in total. The highest BCUT2D eigenvalue weighted by molar-refractivity contribution is 5.94. The molecule has 1 aromatic rings. The fourth-order valence-electron chi connectivity index (χ4n) is 2.49. The summed E-state index contributed by atoms with van der Waals surface area (Å²) in [4.78, 5) is 14.2. The maximum absolute atomic E-state index is 13.4. The molecule has 1 aliphatic heterocycles. The third kappa shape index (κ3) is 2.88. The van der Waals surface area contributed by atoms with Crippen LogP contribution in [0.2, 0.25) is 0 Å². The average Bonchev–Trinajstić information content (AvgIpc) is 2.84. The van der Waals surface area contributed by atoms with Crippen molar-refractivity contribution in [1.29, 1.82) is 0 Å². The first-order valence-electron chi connectivity index (χ1n) is 6.49. The quantitative estimate of drug-likeness (QED) is 0.887. The van der Waals surface area contributed by atoms with Crippen molar-refractivity contribution in [3.63, 3.8) is 0 Å². The molecule has 0 aliphatic carbocycles. The zero-order valence-electron chi connectivity index (χ0n) is 10.7. The van der Waals surface area contributed by atoms with E-state index in [1.54, 1.807) is 12.1 Å². The second-order valence-corrected chi connectivity index (χ2v) is 4.61. The predicted octanol–water partition coefficient (Wildman–Crippen LogP) is 2.04. The Bertz CT molecular complexity index is 422. The molecular formula is C14H19FN2O. The van der Waals surface area contributed by atoms with Crippen LogP contribution < -0.4 is 5.32 Å². The Morgan fingerprint density at radius 1 is 1.50 bits per heavy atom. The Hall–Kier alpha value is -1.42. The first-order valence-corrected chi connectivity index (χ1v) is 6.49. The molecule has 0 radical (unpaired) electrons. The number of nitrogens with zero attached hydrogens (tertiary/aromatic N) is 1. The molecule has 4 heteroatoms. The Morgan fingerprint density at radius 3 is 3.00 bits per heavy atom. The van der Waals surface area contributed by atoms with Crippen molar-refractivity contribution in [3.8, 4) is 0 Å². The van der Waals surface area contributed by atoms with Crippen molar-refractivity contribution < 1.29 is 9.18 Å². The van der Waals surface area contributed by atoms with Crippen molar-refractivity contribution in [3.05, 3.63) is 35.6 Å². The summed E-state index contributed by atoms with van der Waals surface area (Å²) in [6.07, 6.45) is 2.28. The van der Waals surface area contributed by atoms with Gasteiger partial charge in [-0.05, 0) is 38.1 Å². The van der Waals surface area contributed by atoms with Gasteiger partial charge in [0.1, 0.15) is 5.82 Å². The van der Waals surface area contributed by atoms with Crippen LogP contribution in [0.15, 0.2) is 24.3 Å². The van der Waals surface area contributed by atoms with Crippen LogP contribution in [0.1, 0.15) is 30.1 Å². The molecule has 18 heavy (non-hydrogen) atoms. The van der Waals surface area contributed by atoms with Crippen LogP contribution in [0.5, 0.6) is 0 Å². The lowest BCUT2D eigenvalue weighted by atomic mass is 10.2. The monoisotopic (exact) mass is 250 g/mol. The normalized spacial score (nSPS) is 20.0. The Morgan fingerprint density at radius 2 is 2.28 bits per heavy atom. The van der Waals surface area contributed by atoms with Gasteiger partial charge < -0.3 is 5.32 Å². The van der Waals surface area contributed by atoms with Crippen LogP contribution >= 0.6 is 0 Å². The molecule has 1 atom stereocenters. The van der Waals surface area contributed by atoms with Crippen LogP contribution in [0.4, 0.5) is 4.39 Å². The van der Waals surface area contributed by atoms with E-state index in [1.165, 1.54) is 18.6 Å². The molecule has 1 saturated heterocycles. The number of likely N-dealkylation sites (tertiary alicyclic amines) is 1. The van der Waals surface area contributed by atoms with Gasteiger partial charge in [0.15, 0.2) is 0 Å². The van der Waals surface area contributed by atoms with Crippen molar-refractivity contribution in [2.24, 2.45) is 0 Å². The molecule has 1 amide bonds. The minimum absolute atomic E-state index is 0.124. The van der Waals surface area contributed by atoms with E-state index < -0.39 is 5.82 Å². The second kappa shape index (κ2) is 5.96. The summed E-state index contributed by atoms with van der Waals surface area (Å²) in [5.74, 6) is -0.787. The van der Waals surface area contributed by atoms with Crippen LogP contribution in [-0.2, 0) is 0 Å². The molecule has 2 rings (SSSR count). The Labute approximate surface area is 107 Å². The highest BCUT2D eigenvalue weighted by Gasteiger charge is 2.23. The lowest BCUT2D eigenvalue weighted by Crippen LogP contribution is -2.40. The average molecular weight is 250 g/mol. The first kappa shape index (κ1) is 13.0. The number of hydrogen-bond acceptors (Lipinski definition) is 2. The summed E-state index contributed by atoms with van der Waals surface area (Å²) in [5.41, 5.74) is 0.124. The number of likely N-dealkylation sites (N-methyl/N-ethyl adjacent to an activating group) is 1. The summed E-state index contributed by atoms with van der Waals surface area (Å²) >= 11 is 0. The summed E-state index contributed by atoms with van der Waals surface area (Å²) in [5, 5.41) is 2.83. The van der Waals surface area contributed by atoms with E-state index in [2.05, 4.69) is 17.1 Å². The van der Waals surface area contributed by atoms with Gasteiger partial charge in [-0.2, -0.15) is 0 Å². The molecule has 1 fully saturated rings. The van der Waals surface area contributed by atoms with Gasteiger partial charge >= 0.3 is 0 Å². The maximum atomic E-state index is 13.4. The van der Waals surface area contributed by atoms with Crippen molar-refractivity contribution in [1.82, 2.24) is 10.2 Å². The topological polar surface area (TPSA) is 32.3 Å². The summed E-state index contributed by atoms with van der Waals surface area (Å²) in [7, 11) is 0. The van der Waals surface area contributed by atoms with Gasteiger partial charge in [-0.1, -0.05) is 19.1 Å². The summed E-state index contributed by atoms with van der Waals surface area (Å²) in [6, 6.07) is 6.47. The third-order valence-electron chi connectivity index (χ3n) is 3.52. The number of amides is 1. The molecule has 0 saturated carbocycles. The number of carbonyl (C=O) groups excluding carboxylic acids is 1. The van der Waals surface area contributed by atoms with E-state index in [-0.39, 0.29) is 11.5 Å². The van der Waals surface area contributed by atoms with Gasteiger partial charge in [-0.3, -0.25) is 9.69 Å². The molecular weight excluding hydrogens is 231 g/mol. The predicted molar refractivity (Wildman–Crippen MR) is 69.0 cm³/mol. The second-order valence-electron chi connectivity index (χ2n) is 4.61. The number of rotatable bonds is 4. The van der Waals surface area contributed by atoms with Gasteiger partial charge in [0.2, 0.25) is 0 Å². The summed E-state index contributed by atoms with van der Waals surface area (Å²) in [6.45, 7) is 4.81. The standard InChI is InChI=1S/C14H19FN2O/c1-2-17-9-5-6-11(17)10-16-14(18)12-7-3-4-8-13(12)15/h3-4,7-8,11H,2,5-6,9-10H2,1H3,(H,16,18)/t11-/m0/s1. The third-order valence-corrected chi connectivity index (χ3v) is 3.52. The maximum Gasteiger partial charge on any atom is 0.254 e. The largest absolute Gasteiger partial charge is 0.350 e.